The fraction of sp³-hybridized carbons (Fsp3) is 0.200. The monoisotopic (exact) mass is 305 g/mol. The smallest absolute Gasteiger partial charge is 0.0565 e. The van der Waals surface area contributed by atoms with E-state index in [2.05, 4.69) is 73.8 Å². The van der Waals surface area contributed by atoms with Gasteiger partial charge in [-0.3, -0.25) is 0 Å². The lowest BCUT2D eigenvalue weighted by molar-refractivity contribution is 0.822. The highest BCUT2D eigenvalue weighted by Crippen LogP contribution is 2.39. The molecule has 1 N–H and O–H groups in total. The van der Waals surface area contributed by atoms with Crippen LogP contribution >= 0.6 is 11.3 Å². The molecule has 1 aliphatic heterocycles. The second-order valence-electron chi connectivity index (χ2n) is 6.01. The topological polar surface area (TPSA) is 12.0 Å². The maximum atomic E-state index is 3.69. The zero-order valence-corrected chi connectivity index (χ0v) is 13.7. The van der Waals surface area contributed by atoms with E-state index in [-0.39, 0.29) is 0 Å². The molecule has 0 bridgehead atoms. The van der Waals surface area contributed by atoms with Gasteiger partial charge < -0.3 is 5.32 Å². The summed E-state index contributed by atoms with van der Waals surface area (Å²) in [4.78, 5) is 2.83. The molecule has 1 nitrogen and oxygen atoms in total. The number of thiophene rings is 1. The Bertz CT molecular complexity index is 817. The molecule has 1 aliphatic rings. The van der Waals surface area contributed by atoms with Gasteiger partial charge >= 0.3 is 0 Å². The molecule has 2 aromatic carbocycles. The lowest BCUT2D eigenvalue weighted by Crippen LogP contribution is -2.05. The minimum atomic E-state index is 0.422. The molecule has 3 aromatic rings. The Hall–Kier alpha value is -2.06. The number of nitrogens with one attached hydrogen (secondary N) is 1. The molecule has 0 radical (unpaired) electrons. The van der Waals surface area contributed by atoms with Gasteiger partial charge in [0.2, 0.25) is 0 Å². The predicted molar refractivity (Wildman–Crippen MR) is 95.7 cm³/mol. The lowest BCUT2D eigenvalue weighted by Gasteiger charge is -2.10. The first-order valence-electron chi connectivity index (χ1n) is 7.72. The number of hydrogen-bond acceptors (Lipinski definition) is 2. The second kappa shape index (κ2) is 5.29. The van der Waals surface area contributed by atoms with Crippen LogP contribution in [-0.4, -0.2) is 0 Å². The van der Waals surface area contributed by atoms with E-state index in [0.717, 1.165) is 6.42 Å². The van der Waals surface area contributed by atoms with Gasteiger partial charge in [0.05, 0.1) is 6.04 Å². The van der Waals surface area contributed by atoms with Crippen molar-refractivity contribution in [3.63, 3.8) is 0 Å². The molecular weight excluding hydrogens is 286 g/mol. The summed E-state index contributed by atoms with van der Waals surface area (Å²) < 4.78 is 0. The van der Waals surface area contributed by atoms with Crippen LogP contribution in [0.5, 0.6) is 0 Å². The van der Waals surface area contributed by atoms with E-state index in [4.69, 9.17) is 0 Å². The van der Waals surface area contributed by atoms with Crippen molar-refractivity contribution < 1.29 is 0 Å². The molecule has 1 aromatic heterocycles. The van der Waals surface area contributed by atoms with Gasteiger partial charge in [-0.05, 0) is 60.7 Å². The molecular formula is C20H19NS. The first-order valence-corrected chi connectivity index (χ1v) is 8.54. The van der Waals surface area contributed by atoms with E-state index in [1.54, 1.807) is 0 Å². The highest BCUT2D eigenvalue weighted by Gasteiger charge is 2.24. The Morgan fingerprint density at radius 1 is 0.955 bits per heavy atom. The maximum absolute atomic E-state index is 3.69. The van der Waals surface area contributed by atoms with Crippen LogP contribution in [0, 0.1) is 13.8 Å². The molecule has 22 heavy (non-hydrogen) atoms. The van der Waals surface area contributed by atoms with E-state index < -0.39 is 0 Å². The summed E-state index contributed by atoms with van der Waals surface area (Å²) in [6.45, 7) is 4.42. The van der Waals surface area contributed by atoms with Crippen molar-refractivity contribution in [3.8, 4) is 11.1 Å². The van der Waals surface area contributed by atoms with Gasteiger partial charge in [-0.25, -0.2) is 0 Å². The van der Waals surface area contributed by atoms with E-state index >= 15 is 0 Å². The Kier molecular flexibility index (Phi) is 3.27. The minimum absolute atomic E-state index is 0.422. The third-order valence-corrected chi connectivity index (χ3v) is 5.40. The van der Waals surface area contributed by atoms with E-state index in [1.807, 2.05) is 11.3 Å². The van der Waals surface area contributed by atoms with Crippen molar-refractivity contribution in [2.45, 2.75) is 26.3 Å². The number of benzene rings is 2. The van der Waals surface area contributed by atoms with Gasteiger partial charge in [0.15, 0.2) is 0 Å². The average molecular weight is 305 g/mol. The zero-order valence-electron chi connectivity index (χ0n) is 12.9. The van der Waals surface area contributed by atoms with Gasteiger partial charge in [0.25, 0.3) is 0 Å². The van der Waals surface area contributed by atoms with Crippen LogP contribution in [0.4, 0.5) is 5.69 Å². The highest BCUT2D eigenvalue weighted by molar-refractivity contribution is 7.12. The summed E-state index contributed by atoms with van der Waals surface area (Å²) in [6, 6.07) is 20.2. The van der Waals surface area contributed by atoms with Gasteiger partial charge in [-0.1, -0.05) is 36.4 Å². The normalized spacial score (nSPS) is 16.4. The maximum Gasteiger partial charge on any atom is 0.0565 e. The highest BCUT2D eigenvalue weighted by atomic mass is 32.1. The first-order chi connectivity index (χ1) is 10.7. The standard InChI is InChI=1S/C20H19NS/c1-13-10-18(14(2)22-13)20-12-17-11-16(8-9-19(17)21-20)15-6-4-3-5-7-15/h3-11,20-21H,12H2,1-2H3. The third-order valence-electron chi connectivity index (χ3n) is 4.42. The van der Waals surface area contributed by atoms with Gasteiger partial charge in [-0.2, -0.15) is 0 Å². The number of fused-ring (bicyclic) bond motifs is 1. The second-order valence-corrected chi connectivity index (χ2v) is 7.47. The SMILES string of the molecule is Cc1cc(C2Cc3cc(-c4ccccc4)ccc3N2)c(C)s1. The largest absolute Gasteiger partial charge is 0.378 e. The summed E-state index contributed by atoms with van der Waals surface area (Å²) in [5, 5.41) is 3.69. The summed E-state index contributed by atoms with van der Waals surface area (Å²) >= 11 is 1.89. The Balaban J connectivity index is 1.66. The van der Waals surface area contributed by atoms with Crippen LogP contribution in [-0.2, 0) is 6.42 Å². The Morgan fingerprint density at radius 3 is 2.50 bits per heavy atom. The third kappa shape index (κ3) is 2.34. The van der Waals surface area contributed by atoms with E-state index in [0.29, 0.717) is 6.04 Å². The molecule has 0 fully saturated rings. The summed E-state index contributed by atoms with van der Waals surface area (Å²) in [6.07, 6.45) is 1.08. The lowest BCUT2D eigenvalue weighted by atomic mass is 9.99. The fourth-order valence-corrected chi connectivity index (χ4v) is 4.34. The van der Waals surface area contributed by atoms with E-state index in [1.165, 1.54) is 37.7 Å². The van der Waals surface area contributed by atoms with Crippen LogP contribution in [0.25, 0.3) is 11.1 Å². The molecule has 1 unspecified atom stereocenters. The van der Waals surface area contributed by atoms with Crippen LogP contribution in [0.3, 0.4) is 0 Å². The zero-order chi connectivity index (χ0) is 15.1. The number of aryl methyl sites for hydroxylation is 2. The average Bonchev–Trinajstić information content (AvgIpc) is 3.09. The molecule has 0 saturated heterocycles. The molecule has 2 heteroatoms. The molecule has 110 valence electrons. The molecule has 4 rings (SSSR count). The molecule has 1 atom stereocenters. The number of rotatable bonds is 2. The summed E-state index contributed by atoms with van der Waals surface area (Å²) in [5.41, 5.74) is 6.76. The van der Waals surface area contributed by atoms with E-state index in [9.17, 15) is 0 Å². The summed E-state index contributed by atoms with van der Waals surface area (Å²) in [7, 11) is 0. The predicted octanol–water partition coefficient (Wildman–Crippen LogP) is 5.74. The molecule has 0 amide bonds. The van der Waals surface area contributed by atoms with Crippen molar-refractivity contribution in [2.24, 2.45) is 0 Å². The van der Waals surface area contributed by atoms with Gasteiger partial charge in [0, 0.05) is 15.4 Å². The van der Waals surface area contributed by atoms with Crippen molar-refractivity contribution in [1.29, 1.82) is 0 Å². The van der Waals surface area contributed by atoms with Gasteiger partial charge in [0.1, 0.15) is 0 Å². The van der Waals surface area contributed by atoms with Crippen molar-refractivity contribution in [3.05, 3.63) is 75.5 Å². The molecule has 2 heterocycles. The fourth-order valence-electron chi connectivity index (χ4n) is 3.36. The van der Waals surface area contributed by atoms with Crippen LogP contribution in [0.1, 0.15) is 26.9 Å². The van der Waals surface area contributed by atoms with Gasteiger partial charge in [-0.15, -0.1) is 11.3 Å². The van der Waals surface area contributed by atoms with Crippen LogP contribution in [0.2, 0.25) is 0 Å². The summed E-state index contributed by atoms with van der Waals surface area (Å²) in [5.74, 6) is 0. The molecule has 0 saturated carbocycles. The first kappa shape index (κ1) is 13.6. The number of anilines is 1. The van der Waals surface area contributed by atoms with Crippen LogP contribution < -0.4 is 5.32 Å². The van der Waals surface area contributed by atoms with Crippen molar-refractivity contribution in [2.75, 3.05) is 5.32 Å². The van der Waals surface area contributed by atoms with Crippen molar-refractivity contribution in [1.82, 2.24) is 0 Å². The Morgan fingerprint density at radius 2 is 1.77 bits per heavy atom. The minimum Gasteiger partial charge on any atom is -0.378 e. The number of hydrogen-bond donors (Lipinski definition) is 1. The quantitative estimate of drug-likeness (QED) is 0.636. The molecule has 0 spiro atoms. The van der Waals surface area contributed by atoms with Crippen molar-refractivity contribution >= 4 is 17.0 Å². The Labute approximate surface area is 135 Å². The molecule has 0 aliphatic carbocycles. The van der Waals surface area contributed by atoms with Crippen LogP contribution in [0.15, 0.2) is 54.6 Å².